The van der Waals surface area contributed by atoms with E-state index in [1.807, 2.05) is 0 Å². The van der Waals surface area contributed by atoms with Gasteiger partial charge >= 0.3 is 96.4 Å². The Bertz CT molecular complexity index is 908. The van der Waals surface area contributed by atoms with Gasteiger partial charge in [-0.25, -0.2) is 11.1 Å². The molecule has 0 aromatic heterocycles. The summed E-state index contributed by atoms with van der Waals surface area (Å²) < 4.78 is 0. The molecule has 0 saturated carbocycles. The van der Waals surface area contributed by atoms with Crippen LogP contribution >= 0.6 is 0 Å². The van der Waals surface area contributed by atoms with Crippen molar-refractivity contribution >= 4 is 16.6 Å². The molecule has 2 aliphatic carbocycles. The van der Waals surface area contributed by atoms with Crippen LogP contribution in [0.15, 0.2) is 94.1 Å². The number of halogens is 2. The van der Waals surface area contributed by atoms with Gasteiger partial charge in [-0.1, -0.05) is 27.7 Å². The van der Waals surface area contributed by atoms with Crippen LogP contribution < -0.4 is 35.2 Å². The topological polar surface area (TPSA) is 0 Å². The number of benzene rings is 2. The van der Waals surface area contributed by atoms with E-state index in [0.29, 0.717) is 0 Å². The van der Waals surface area contributed by atoms with E-state index in [-0.39, 0.29) is 24.8 Å². The second kappa shape index (κ2) is 15.7. The van der Waals surface area contributed by atoms with Gasteiger partial charge in [0, 0.05) is 0 Å². The van der Waals surface area contributed by atoms with Gasteiger partial charge < -0.3 is 24.8 Å². The first-order valence-electron chi connectivity index (χ1n) is 10.5. The van der Waals surface area contributed by atoms with Crippen LogP contribution in [-0.4, -0.2) is 6.19 Å². The van der Waals surface area contributed by atoms with Gasteiger partial charge in [0.15, 0.2) is 0 Å². The first-order valence-corrected chi connectivity index (χ1v) is 14.3. The summed E-state index contributed by atoms with van der Waals surface area (Å²) >= 11 is 2.34. The third-order valence-electron chi connectivity index (χ3n) is 5.77. The van der Waals surface area contributed by atoms with Crippen molar-refractivity contribution < 1.29 is 44.0 Å². The molecule has 2 aliphatic rings. The van der Waals surface area contributed by atoms with Crippen molar-refractivity contribution in [3.63, 3.8) is 0 Å². The van der Waals surface area contributed by atoms with E-state index in [2.05, 4.69) is 134 Å². The van der Waals surface area contributed by atoms with Gasteiger partial charge in [0.25, 0.3) is 0 Å². The molecule has 0 atom stereocenters. The summed E-state index contributed by atoms with van der Waals surface area (Å²) in [4.78, 5) is 0. The Labute approximate surface area is 220 Å². The van der Waals surface area contributed by atoms with Gasteiger partial charge in [0.1, 0.15) is 0 Å². The molecule has 0 nitrogen and oxygen atoms in total. The fourth-order valence-electron chi connectivity index (χ4n) is 3.08. The molecule has 0 N–H and O–H groups in total. The summed E-state index contributed by atoms with van der Waals surface area (Å²) in [5, 5.41) is 2.95. The van der Waals surface area contributed by atoms with E-state index in [9.17, 15) is 0 Å². The first-order chi connectivity index (χ1) is 14.3. The van der Waals surface area contributed by atoms with E-state index < -0.39 is 6.19 Å². The molecule has 4 heteroatoms. The van der Waals surface area contributed by atoms with Crippen LogP contribution in [0.3, 0.4) is 0 Å². The fourth-order valence-corrected chi connectivity index (χ4v) is 6.02. The number of rotatable bonds is 2. The van der Waals surface area contributed by atoms with Crippen molar-refractivity contribution in [2.24, 2.45) is 0 Å². The van der Waals surface area contributed by atoms with E-state index in [1.165, 1.54) is 43.8 Å². The monoisotopic (exact) mass is 514 g/mol. The van der Waals surface area contributed by atoms with Gasteiger partial charge in [-0.15, -0.1) is 26.7 Å². The summed E-state index contributed by atoms with van der Waals surface area (Å²) in [5.41, 5.74) is 8.49. The Morgan fingerprint density at radius 2 is 0.906 bits per heavy atom. The van der Waals surface area contributed by atoms with Crippen LogP contribution in [0, 0.1) is 12.2 Å². The zero-order valence-electron chi connectivity index (χ0n) is 19.9. The Hall–Kier alpha value is -1.09. The Balaban J connectivity index is 0.000000465. The Morgan fingerprint density at radius 1 is 0.594 bits per heavy atom. The molecular weight excluding hydrogens is 483 g/mol. The summed E-state index contributed by atoms with van der Waals surface area (Å²) in [6, 6.07) is 21.5. The molecule has 0 fully saturated rings. The van der Waals surface area contributed by atoms with E-state index in [0.717, 1.165) is 12.8 Å². The van der Waals surface area contributed by atoms with Gasteiger partial charge in [-0.2, -0.15) is 22.3 Å². The third-order valence-corrected chi connectivity index (χ3v) is 10.3. The van der Waals surface area contributed by atoms with Crippen LogP contribution in [-0.2, 0) is 19.2 Å². The SMILES string of the molecule is CC1=[C-]CC(C)=C1C.CC1=[C-]CC(C)=C1C.[Cl-].[Cl-].[Ti+2]=[Si](c1ccccc1)c1ccccc1. The zero-order chi connectivity index (χ0) is 22.1. The van der Waals surface area contributed by atoms with Gasteiger partial charge in [0.2, 0.25) is 0 Å². The zero-order valence-corrected chi connectivity index (χ0v) is 24.0. The van der Waals surface area contributed by atoms with E-state index in [1.54, 1.807) is 0 Å². The molecule has 0 radical (unpaired) electrons. The number of allylic oxidation sites excluding steroid dienone is 8. The molecule has 0 unspecified atom stereocenters. The van der Waals surface area contributed by atoms with Gasteiger partial charge in [-0.3, -0.25) is 12.2 Å². The number of hydrogen-bond donors (Lipinski definition) is 0. The first kappa shape index (κ1) is 30.9. The quantitative estimate of drug-likeness (QED) is 0.399. The predicted octanol–water partition coefficient (Wildman–Crippen LogP) is 0.299. The molecule has 168 valence electrons. The standard InChI is InChI=1S/C12H10Si.2C8H11.2ClH.Ti/c1-3-7-11(8-4-1)13-12-9-5-2-6-10-12;2*1-6-4-5-7(2)8(6)3;;;/h1-10H;2*4H2,1-3H3;2*1H;/q;2*-1;;;+2/p-2. The Morgan fingerprint density at radius 3 is 1.09 bits per heavy atom. The van der Waals surface area contributed by atoms with Gasteiger partial charge in [0.05, 0.1) is 0 Å². The molecule has 0 amide bonds. The molecule has 0 aliphatic heterocycles. The predicted molar refractivity (Wildman–Crippen MR) is 129 cm³/mol. The molecule has 2 aromatic carbocycles. The summed E-state index contributed by atoms with van der Waals surface area (Å²) in [6.45, 7) is 12.9. The third kappa shape index (κ3) is 9.41. The normalized spacial score (nSPS) is 14.1. The van der Waals surface area contributed by atoms with Crippen LogP contribution in [0.2, 0.25) is 0 Å². The average molecular weight is 515 g/mol. The van der Waals surface area contributed by atoms with Crippen molar-refractivity contribution in [1.29, 1.82) is 0 Å². The van der Waals surface area contributed by atoms with Crippen LogP contribution in [0.5, 0.6) is 0 Å². The summed E-state index contributed by atoms with van der Waals surface area (Å²) in [5.74, 6) is 0. The molecule has 32 heavy (non-hydrogen) atoms. The van der Waals surface area contributed by atoms with Crippen LogP contribution in [0.4, 0.5) is 0 Å². The number of hydrogen-bond acceptors (Lipinski definition) is 0. The van der Waals surface area contributed by atoms with Crippen LogP contribution in [0.1, 0.15) is 54.4 Å². The molecule has 4 rings (SSSR count). The maximum absolute atomic E-state index is 3.26. The molecule has 0 saturated heterocycles. The Kier molecular flexibility index (Phi) is 15.2. The van der Waals surface area contributed by atoms with Gasteiger partial charge in [-0.05, 0) is 0 Å². The molecular formula is C28H32Cl2SiTi-2. The average Bonchev–Trinajstić information content (AvgIpc) is 3.24. The van der Waals surface area contributed by atoms with Crippen molar-refractivity contribution in [2.75, 3.05) is 0 Å². The van der Waals surface area contributed by atoms with Crippen LogP contribution in [0.25, 0.3) is 0 Å². The summed E-state index contributed by atoms with van der Waals surface area (Å²) in [6.07, 6.45) is 8.08. The van der Waals surface area contributed by atoms with Crippen molar-refractivity contribution in [2.45, 2.75) is 54.4 Å². The molecule has 0 spiro atoms. The summed E-state index contributed by atoms with van der Waals surface area (Å²) in [7, 11) is 0. The fraction of sp³-hybridized carbons (Fsp3) is 0.286. The molecule has 0 bridgehead atoms. The minimum absolute atomic E-state index is 0. The van der Waals surface area contributed by atoms with E-state index >= 15 is 0 Å². The maximum atomic E-state index is 3.26. The molecule has 0 heterocycles. The van der Waals surface area contributed by atoms with Crippen molar-refractivity contribution in [3.8, 4) is 0 Å². The minimum atomic E-state index is -0.545. The second-order valence-electron chi connectivity index (χ2n) is 7.87. The molecule has 2 aromatic rings. The van der Waals surface area contributed by atoms with Crippen molar-refractivity contribution in [1.82, 2.24) is 0 Å². The van der Waals surface area contributed by atoms with Crippen molar-refractivity contribution in [3.05, 3.63) is 106 Å². The second-order valence-corrected chi connectivity index (χ2v) is 12.1. The van der Waals surface area contributed by atoms with E-state index in [4.69, 9.17) is 0 Å².